The summed E-state index contributed by atoms with van der Waals surface area (Å²) in [6.45, 7) is 0. The molecule has 82 valence electrons. The Labute approximate surface area is 115 Å². The average molecular weight is 336 g/mol. The number of hydrogen-bond acceptors (Lipinski definition) is 2. The Hall–Kier alpha value is -0.350. The van der Waals surface area contributed by atoms with E-state index in [0.717, 1.165) is 3.79 Å². The maximum absolute atomic E-state index is 12.1. The number of benzene rings is 1. The number of halogens is 3. The largest absolute Gasteiger partial charge is 0.288 e. The van der Waals surface area contributed by atoms with Gasteiger partial charge < -0.3 is 0 Å². The number of thiophene rings is 1. The Morgan fingerprint density at radius 2 is 1.94 bits per heavy atom. The van der Waals surface area contributed by atoms with Crippen LogP contribution in [0.1, 0.15) is 15.2 Å². The van der Waals surface area contributed by atoms with Crippen molar-refractivity contribution in [1.82, 2.24) is 0 Å². The minimum absolute atomic E-state index is 0.108. The van der Waals surface area contributed by atoms with Crippen LogP contribution >= 0.6 is 50.5 Å². The highest BCUT2D eigenvalue weighted by atomic mass is 79.9. The molecule has 0 bridgehead atoms. The van der Waals surface area contributed by atoms with Gasteiger partial charge in [-0.25, -0.2) is 0 Å². The number of rotatable bonds is 2. The maximum atomic E-state index is 12.1. The van der Waals surface area contributed by atoms with Crippen molar-refractivity contribution >= 4 is 56.3 Å². The molecule has 0 radical (unpaired) electrons. The molecule has 0 saturated heterocycles. The second-order valence-corrected chi connectivity index (χ2v) is 6.28. The quantitative estimate of drug-likeness (QED) is 0.702. The molecule has 0 atom stereocenters. The molecule has 5 heteroatoms. The smallest absolute Gasteiger partial charge is 0.204 e. The first-order chi connectivity index (χ1) is 7.59. The fourth-order valence-electron chi connectivity index (χ4n) is 1.25. The van der Waals surface area contributed by atoms with Crippen LogP contribution in [0.5, 0.6) is 0 Å². The zero-order valence-corrected chi connectivity index (χ0v) is 11.8. The van der Waals surface area contributed by atoms with Crippen molar-refractivity contribution in [3.05, 3.63) is 54.6 Å². The first-order valence-corrected chi connectivity index (χ1v) is 6.70. The SMILES string of the molecule is O=C(c1ccc(Br)s1)c1cccc(Cl)c1Cl. The molecule has 0 fully saturated rings. The molecule has 2 rings (SSSR count). The summed E-state index contributed by atoms with van der Waals surface area (Å²) < 4.78 is 0.911. The molecule has 0 aliphatic rings. The predicted molar refractivity (Wildman–Crippen MR) is 71.9 cm³/mol. The fraction of sp³-hybridized carbons (Fsp3) is 0. The molecule has 0 amide bonds. The molecule has 0 unspecified atom stereocenters. The van der Waals surface area contributed by atoms with Crippen LogP contribution in [0.3, 0.4) is 0 Å². The Bertz CT molecular complexity index is 551. The summed E-state index contributed by atoms with van der Waals surface area (Å²) >= 11 is 16.5. The first kappa shape index (κ1) is 12.1. The standard InChI is InChI=1S/C11H5BrCl2OS/c12-9-5-4-8(16-9)11(15)6-2-1-3-7(13)10(6)14/h1-5H. The van der Waals surface area contributed by atoms with E-state index in [1.165, 1.54) is 11.3 Å². The second kappa shape index (κ2) is 4.88. The number of ketones is 1. The van der Waals surface area contributed by atoms with Gasteiger partial charge in [0.2, 0.25) is 5.78 Å². The van der Waals surface area contributed by atoms with E-state index in [1.54, 1.807) is 24.3 Å². The summed E-state index contributed by atoms with van der Waals surface area (Å²) in [6, 6.07) is 8.63. The topological polar surface area (TPSA) is 17.1 Å². The Kier molecular flexibility index (Phi) is 3.70. The lowest BCUT2D eigenvalue weighted by atomic mass is 10.1. The molecule has 0 aliphatic carbocycles. The highest BCUT2D eigenvalue weighted by Gasteiger charge is 2.16. The van der Waals surface area contributed by atoms with Gasteiger partial charge in [0.1, 0.15) is 0 Å². The molecule has 16 heavy (non-hydrogen) atoms. The minimum atomic E-state index is -0.108. The van der Waals surface area contributed by atoms with Gasteiger partial charge in [0, 0.05) is 5.56 Å². The van der Waals surface area contributed by atoms with Crippen LogP contribution in [-0.4, -0.2) is 5.78 Å². The summed E-state index contributed by atoms with van der Waals surface area (Å²) in [7, 11) is 0. The Morgan fingerprint density at radius 1 is 1.19 bits per heavy atom. The third-order valence-corrected chi connectivity index (χ3v) is 4.43. The highest BCUT2D eigenvalue weighted by Crippen LogP contribution is 2.30. The lowest BCUT2D eigenvalue weighted by molar-refractivity contribution is 0.104. The Morgan fingerprint density at radius 3 is 2.56 bits per heavy atom. The van der Waals surface area contributed by atoms with E-state index in [-0.39, 0.29) is 5.78 Å². The van der Waals surface area contributed by atoms with Gasteiger partial charge in [0.25, 0.3) is 0 Å². The van der Waals surface area contributed by atoms with Crippen LogP contribution in [0.2, 0.25) is 10.0 Å². The Balaban J connectivity index is 2.45. The zero-order chi connectivity index (χ0) is 11.7. The van der Waals surface area contributed by atoms with Crippen molar-refractivity contribution in [3.63, 3.8) is 0 Å². The van der Waals surface area contributed by atoms with E-state index in [0.29, 0.717) is 20.5 Å². The van der Waals surface area contributed by atoms with Crippen molar-refractivity contribution in [2.75, 3.05) is 0 Å². The van der Waals surface area contributed by atoms with Gasteiger partial charge in [-0.05, 0) is 40.2 Å². The molecular formula is C11H5BrCl2OS. The van der Waals surface area contributed by atoms with Gasteiger partial charge in [-0.1, -0.05) is 29.3 Å². The van der Waals surface area contributed by atoms with E-state index < -0.39 is 0 Å². The van der Waals surface area contributed by atoms with Gasteiger partial charge in [0.15, 0.2) is 0 Å². The van der Waals surface area contributed by atoms with Crippen LogP contribution in [0.15, 0.2) is 34.1 Å². The van der Waals surface area contributed by atoms with Gasteiger partial charge in [0.05, 0.1) is 18.7 Å². The van der Waals surface area contributed by atoms with Crippen LogP contribution in [0, 0.1) is 0 Å². The van der Waals surface area contributed by atoms with Gasteiger partial charge >= 0.3 is 0 Å². The summed E-state index contributed by atoms with van der Waals surface area (Å²) in [5.74, 6) is -0.108. The second-order valence-electron chi connectivity index (χ2n) is 3.03. The number of hydrogen-bond donors (Lipinski definition) is 0. The highest BCUT2D eigenvalue weighted by molar-refractivity contribution is 9.11. The summed E-state index contributed by atoms with van der Waals surface area (Å²) in [6.07, 6.45) is 0. The van der Waals surface area contributed by atoms with Crippen molar-refractivity contribution in [1.29, 1.82) is 0 Å². The van der Waals surface area contributed by atoms with E-state index in [1.807, 2.05) is 6.07 Å². The van der Waals surface area contributed by atoms with E-state index in [4.69, 9.17) is 23.2 Å². The average Bonchev–Trinajstić information content (AvgIpc) is 2.68. The molecular weight excluding hydrogens is 331 g/mol. The predicted octanol–water partition coefficient (Wildman–Crippen LogP) is 5.05. The zero-order valence-electron chi connectivity index (χ0n) is 7.84. The molecule has 0 aliphatic heterocycles. The lowest BCUT2D eigenvalue weighted by Gasteiger charge is -2.02. The van der Waals surface area contributed by atoms with E-state index in [9.17, 15) is 4.79 Å². The van der Waals surface area contributed by atoms with Crippen molar-refractivity contribution < 1.29 is 4.79 Å². The van der Waals surface area contributed by atoms with E-state index >= 15 is 0 Å². The maximum Gasteiger partial charge on any atom is 0.204 e. The molecule has 0 N–H and O–H groups in total. The van der Waals surface area contributed by atoms with Gasteiger partial charge in [-0.3, -0.25) is 4.79 Å². The van der Waals surface area contributed by atoms with E-state index in [2.05, 4.69) is 15.9 Å². The number of carbonyl (C=O) groups excluding carboxylic acids is 1. The van der Waals surface area contributed by atoms with Crippen LogP contribution in [-0.2, 0) is 0 Å². The summed E-state index contributed by atoms with van der Waals surface area (Å²) in [5.41, 5.74) is 0.434. The van der Waals surface area contributed by atoms with Crippen LogP contribution < -0.4 is 0 Å². The lowest BCUT2D eigenvalue weighted by Crippen LogP contribution is -1.99. The summed E-state index contributed by atoms with van der Waals surface area (Å²) in [5, 5.41) is 0.696. The van der Waals surface area contributed by atoms with Crippen molar-refractivity contribution in [2.45, 2.75) is 0 Å². The molecule has 1 heterocycles. The fourth-order valence-corrected chi connectivity index (χ4v) is 2.97. The molecule has 0 saturated carbocycles. The molecule has 1 nitrogen and oxygen atoms in total. The third kappa shape index (κ3) is 2.33. The third-order valence-electron chi connectivity index (χ3n) is 1.99. The molecule has 0 spiro atoms. The normalized spacial score (nSPS) is 10.4. The molecule has 1 aromatic carbocycles. The monoisotopic (exact) mass is 334 g/mol. The van der Waals surface area contributed by atoms with Crippen molar-refractivity contribution in [2.24, 2.45) is 0 Å². The summed E-state index contributed by atoms with van der Waals surface area (Å²) in [4.78, 5) is 12.7. The van der Waals surface area contributed by atoms with Crippen molar-refractivity contribution in [3.8, 4) is 0 Å². The minimum Gasteiger partial charge on any atom is -0.288 e. The molecule has 2 aromatic rings. The van der Waals surface area contributed by atoms with Crippen LogP contribution in [0.25, 0.3) is 0 Å². The first-order valence-electron chi connectivity index (χ1n) is 4.33. The number of carbonyl (C=O) groups is 1. The van der Waals surface area contributed by atoms with Crippen LogP contribution in [0.4, 0.5) is 0 Å². The van der Waals surface area contributed by atoms with Gasteiger partial charge in [-0.15, -0.1) is 11.3 Å². The van der Waals surface area contributed by atoms with Gasteiger partial charge in [-0.2, -0.15) is 0 Å². The molecule has 1 aromatic heterocycles.